The van der Waals surface area contributed by atoms with Crippen molar-refractivity contribution in [2.75, 3.05) is 45.2 Å². The number of halogens is 2. The molecule has 1 amide bonds. The molecule has 4 rings (SSSR count). The first-order valence-electron chi connectivity index (χ1n) is 11.4. The van der Waals surface area contributed by atoms with E-state index >= 15 is 0 Å². The van der Waals surface area contributed by atoms with Crippen molar-refractivity contribution in [2.45, 2.75) is 24.7 Å². The number of aromatic nitrogens is 1. The number of rotatable bonds is 7. The zero-order valence-electron chi connectivity index (χ0n) is 19.9. The quantitative estimate of drug-likeness (QED) is 0.446. The van der Waals surface area contributed by atoms with E-state index in [0.29, 0.717) is 36.1 Å². The van der Waals surface area contributed by atoms with E-state index in [2.05, 4.69) is 0 Å². The van der Waals surface area contributed by atoms with Crippen molar-refractivity contribution in [1.29, 1.82) is 0 Å². The zero-order valence-corrected chi connectivity index (χ0v) is 22.3. The fourth-order valence-corrected chi connectivity index (χ4v) is 6.80. The van der Waals surface area contributed by atoms with E-state index in [9.17, 15) is 17.6 Å². The molecule has 0 bridgehead atoms. The average Bonchev–Trinajstić information content (AvgIpc) is 3.26. The summed E-state index contributed by atoms with van der Waals surface area (Å²) in [6.45, 7) is 3.52. The highest BCUT2D eigenvalue weighted by Gasteiger charge is 2.35. The number of amides is 1. The largest absolute Gasteiger partial charge is 0.308 e. The lowest BCUT2D eigenvalue weighted by molar-refractivity contribution is -0.123. The lowest BCUT2D eigenvalue weighted by atomic mass is 9.96. The SMILES string of the molecule is Cc1c(Cl)ccc2sc(N(CCN(C)C)C(=O)C3CCN(S(=O)(=O)c4ccc(F)cc4)CC3)nc12. The second kappa shape index (κ2) is 10.5. The summed E-state index contributed by atoms with van der Waals surface area (Å²) in [5, 5.41) is 1.26. The van der Waals surface area contributed by atoms with Gasteiger partial charge in [0, 0.05) is 37.1 Å². The van der Waals surface area contributed by atoms with E-state index in [-0.39, 0.29) is 29.8 Å². The van der Waals surface area contributed by atoms with Gasteiger partial charge in [0.05, 0.1) is 15.1 Å². The van der Waals surface area contributed by atoms with Crippen molar-refractivity contribution in [2.24, 2.45) is 5.92 Å². The number of nitrogens with zero attached hydrogens (tertiary/aromatic N) is 4. The fourth-order valence-electron chi connectivity index (χ4n) is 4.12. The topological polar surface area (TPSA) is 73.8 Å². The number of benzene rings is 2. The molecule has 11 heteroatoms. The Balaban J connectivity index is 1.52. The highest BCUT2D eigenvalue weighted by Crippen LogP contribution is 2.35. The van der Waals surface area contributed by atoms with Gasteiger partial charge in [0.1, 0.15) is 5.82 Å². The Morgan fingerprint density at radius 3 is 2.43 bits per heavy atom. The Kier molecular flexibility index (Phi) is 7.77. The number of fused-ring (bicyclic) bond motifs is 1. The van der Waals surface area contributed by atoms with Crippen LogP contribution in [-0.4, -0.2) is 68.8 Å². The lowest BCUT2D eigenvalue weighted by Crippen LogP contribution is -2.46. The van der Waals surface area contributed by atoms with Crippen molar-refractivity contribution in [3.8, 4) is 0 Å². The molecule has 0 unspecified atom stereocenters. The summed E-state index contributed by atoms with van der Waals surface area (Å²) in [6, 6.07) is 8.57. The Morgan fingerprint density at radius 1 is 1.14 bits per heavy atom. The first-order chi connectivity index (χ1) is 16.6. The average molecular weight is 539 g/mol. The summed E-state index contributed by atoms with van der Waals surface area (Å²) in [7, 11) is 0.161. The number of likely N-dealkylation sites (N-methyl/N-ethyl adjacent to an activating group) is 1. The first-order valence-corrected chi connectivity index (χ1v) is 14.0. The Hall–Kier alpha value is -2.11. The van der Waals surface area contributed by atoms with Gasteiger partial charge in [0.2, 0.25) is 15.9 Å². The normalized spacial score (nSPS) is 15.7. The van der Waals surface area contributed by atoms with Gasteiger partial charge >= 0.3 is 0 Å². The summed E-state index contributed by atoms with van der Waals surface area (Å²) in [6.07, 6.45) is 0.820. The van der Waals surface area contributed by atoms with Gasteiger partial charge in [-0.15, -0.1) is 0 Å². The maximum atomic E-state index is 13.6. The minimum absolute atomic E-state index is 0.0477. The molecule has 35 heavy (non-hydrogen) atoms. The fraction of sp³-hybridized carbons (Fsp3) is 0.417. The summed E-state index contributed by atoms with van der Waals surface area (Å²) in [5.74, 6) is -0.847. The van der Waals surface area contributed by atoms with Crippen LogP contribution in [0.2, 0.25) is 5.02 Å². The summed E-state index contributed by atoms with van der Waals surface area (Å²) in [5.41, 5.74) is 1.67. The first kappa shape index (κ1) is 26.0. The molecule has 0 atom stereocenters. The molecule has 2 heterocycles. The van der Waals surface area contributed by atoms with Gasteiger partial charge in [0.25, 0.3) is 0 Å². The van der Waals surface area contributed by atoms with Crippen molar-refractivity contribution >= 4 is 54.2 Å². The molecule has 2 aromatic carbocycles. The molecule has 0 spiro atoms. The number of anilines is 1. The van der Waals surface area contributed by atoms with Crippen LogP contribution in [0.4, 0.5) is 9.52 Å². The van der Waals surface area contributed by atoms with Crippen LogP contribution in [0.1, 0.15) is 18.4 Å². The highest BCUT2D eigenvalue weighted by atomic mass is 35.5. The molecule has 0 saturated carbocycles. The van der Waals surface area contributed by atoms with Gasteiger partial charge < -0.3 is 4.90 Å². The third kappa shape index (κ3) is 5.51. The number of carbonyl (C=O) groups is 1. The number of thiazole rings is 1. The van der Waals surface area contributed by atoms with Gasteiger partial charge in [0.15, 0.2) is 5.13 Å². The van der Waals surface area contributed by atoms with Crippen LogP contribution in [0.15, 0.2) is 41.3 Å². The van der Waals surface area contributed by atoms with Gasteiger partial charge in [-0.25, -0.2) is 17.8 Å². The molecule has 1 aliphatic rings. The van der Waals surface area contributed by atoms with E-state index in [4.69, 9.17) is 16.6 Å². The molecule has 0 N–H and O–H groups in total. The minimum Gasteiger partial charge on any atom is -0.308 e. The van der Waals surface area contributed by atoms with Crippen LogP contribution in [-0.2, 0) is 14.8 Å². The smallest absolute Gasteiger partial charge is 0.243 e. The van der Waals surface area contributed by atoms with E-state index in [0.717, 1.165) is 27.9 Å². The summed E-state index contributed by atoms with van der Waals surface area (Å²) < 4.78 is 41.5. The van der Waals surface area contributed by atoms with E-state index in [1.54, 1.807) is 4.90 Å². The Morgan fingerprint density at radius 2 is 1.80 bits per heavy atom. The predicted octanol–water partition coefficient (Wildman–Crippen LogP) is 4.39. The molecule has 3 aromatic rings. The molecule has 7 nitrogen and oxygen atoms in total. The van der Waals surface area contributed by atoms with Crippen LogP contribution in [0.25, 0.3) is 10.2 Å². The molecule has 0 radical (unpaired) electrons. The monoisotopic (exact) mass is 538 g/mol. The second-order valence-electron chi connectivity index (χ2n) is 8.94. The van der Waals surface area contributed by atoms with E-state index in [1.165, 1.54) is 27.8 Å². The van der Waals surface area contributed by atoms with Crippen LogP contribution in [0.3, 0.4) is 0 Å². The molecular weight excluding hydrogens is 511 g/mol. The van der Waals surface area contributed by atoms with Gasteiger partial charge in [-0.1, -0.05) is 22.9 Å². The third-order valence-electron chi connectivity index (χ3n) is 6.26. The Bertz CT molecular complexity index is 1320. The highest BCUT2D eigenvalue weighted by molar-refractivity contribution is 7.89. The van der Waals surface area contributed by atoms with E-state index < -0.39 is 15.8 Å². The predicted molar refractivity (Wildman–Crippen MR) is 138 cm³/mol. The maximum Gasteiger partial charge on any atom is 0.243 e. The van der Waals surface area contributed by atoms with Crippen LogP contribution in [0, 0.1) is 18.7 Å². The number of hydrogen-bond donors (Lipinski definition) is 0. The van der Waals surface area contributed by atoms with E-state index in [1.807, 2.05) is 38.1 Å². The standard InChI is InChI=1S/C24H28ClFN4O3S2/c1-16-20(25)8-9-21-22(16)27-24(34-21)30(15-14-28(2)3)23(31)17-10-12-29(13-11-17)35(32,33)19-6-4-18(26)5-7-19/h4-9,17H,10-15H2,1-3H3. The zero-order chi connectivity index (χ0) is 25.3. The van der Waals surface area contributed by atoms with Crippen molar-refractivity contribution in [3.05, 3.63) is 52.8 Å². The molecule has 1 fully saturated rings. The van der Waals surface area contributed by atoms with Gasteiger partial charge in [-0.05, 0) is 75.8 Å². The summed E-state index contributed by atoms with van der Waals surface area (Å²) in [4.78, 5) is 22.2. The molecule has 1 saturated heterocycles. The number of sulfonamides is 1. The maximum absolute atomic E-state index is 13.6. The summed E-state index contributed by atoms with van der Waals surface area (Å²) >= 11 is 7.73. The van der Waals surface area contributed by atoms with Crippen LogP contribution in [0.5, 0.6) is 0 Å². The van der Waals surface area contributed by atoms with Gasteiger partial charge in [-0.3, -0.25) is 9.69 Å². The van der Waals surface area contributed by atoms with Crippen LogP contribution >= 0.6 is 22.9 Å². The Labute approximate surface area is 214 Å². The van der Waals surface area contributed by atoms with Crippen molar-refractivity contribution in [1.82, 2.24) is 14.2 Å². The number of carbonyl (C=O) groups excluding carboxylic acids is 1. The molecule has 188 valence electrons. The van der Waals surface area contributed by atoms with Crippen molar-refractivity contribution in [3.63, 3.8) is 0 Å². The molecule has 1 aromatic heterocycles. The van der Waals surface area contributed by atoms with Gasteiger partial charge in [-0.2, -0.15) is 4.31 Å². The molecular formula is C24H28ClFN4O3S2. The molecule has 0 aliphatic carbocycles. The molecule has 1 aliphatic heterocycles. The number of aryl methyl sites for hydroxylation is 1. The lowest BCUT2D eigenvalue weighted by Gasteiger charge is -2.33. The number of hydrogen-bond acceptors (Lipinski definition) is 6. The van der Waals surface area contributed by atoms with Crippen LogP contribution < -0.4 is 4.90 Å². The number of piperidine rings is 1. The second-order valence-corrected chi connectivity index (χ2v) is 12.3. The minimum atomic E-state index is -3.74. The third-order valence-corrected chi connectivity index (χ3v) is 9.62. The van der Waals surface area contributed by atoms with Crippen molar-refractivity contribution < 1.29 is 17.6 Å².